The Kier molecular flexibility index (Phi) is 6.61. The number of para-hydroxylation sites is 1. The molecule has 0 saturated carbocycles. The number of hydrogen-bond donors (Lipinski definition) is 1. The smallest absolute Gasteiger partial charge is 0.406 e. The molecule has 3 aromatic rings. The molecule has 0 atom stereocenters. The maximum atomic E-state index is 12.4. The number of likely N-dealkylation sites (tertiary alicyclic amines) is 1. The first-order chi connectivity index (χ1) is 15.0. The minimum Gasteiger partial charge on any atom is -0.406 e. The normalized spacial score (nSPS) is 15.2. The van der Waals surface area contributed by atoms with E-state index in [2.05, 4.69) is 15.0 Å². The lowest BCUT2D eigenvalue weighted by Gasteiger charge is -2.26. The van der Waals surface area contributed by atoms with Crippen molar-refractivity contribution in [3.63, 3.8) is 0 Å². The first kappa shape index (κ1) is 21.4. The van der Waals surface area contributed by atoms with Gasteiger partial charge in [-0.2, -0.15) is 0 Å². The molecule has 0 aliphatic carbocycles. The molecule has 1 aliphatic heterocycles. The van der Waals surface area contributed by atoms with Crippen molar-refractivity contribution in [2.75, 3.05) is 31.5 Å². The predicted octanol–water partition coefficient (Wildman–Crippen LogP) is 6.09. The van der Waals surface area contributed by atoms with E-state index in [1.54, 1.807) is 12.1 Å². The summed E-state index contributed by atoms with van der Waals surface area (Å²) in [6, 6.07) is 15.7. The molecule has 0 radical (unpaired) electrons. The van der Waals surface area contributed by atoms with Crippen LogP contribution in [0, 0.1) is 0 Å². The van der Waals surface area contributed by atoms with Crippen LogP contribution in [0.2, 0.25) is 0 Å². The van der Waals surface area contributed by atoms with E-state index in [9.17, 15) is 13.2 Å². The number of alkyl halides is 3. The van der Waals surface area contributed by atoms with Gasteiger partial charge < -0.3 is 15.0 Å². The van der Waals surface area contributed by atoms with E-state index in [0.29, 0.717) is 5.69 Å². The molecule has 31 heavy (non-hydrogen) atoms. The topological polar surface area (TPSA) is 37.4 Å². The van der Waals surface area contributed by atoms with Gasteiger partial charge in [0.15, 0.2) is 0 Å². The summed E-state index contributed by atoms with van der Waals surface area (Å²) < 4.78 is 41.2. The lowest BCUT2D eigenvalue weighted by molar-refractivity contribution is -0.274. The molecule has 1 fully saturated rings. The molecule has 0 unspecified atom stereocenters. The molecule has 7 heteroatoms. The highest BCUT2D eigenvalue weighted by atomic mass is 19.4. The number of hydrogen-bond acceptors (Lipinski definition) is 4. The van der Waals surface area contributed by atoms with Gasteiger partial charge in [0.1, 0.15) is 5.75 Å². The van der Waals surface area contributed by atoms with Crippen LogP contribution >= 0.6 is 0 Å². The minimum atomic E-state index is -4.70. The second kappa shape index (κ2) is 9.56. The van der Waals surface area contributed by atoms with Crippen molar-refractivity contribution < 1.29 is 17.9 Å². The monoisotopic (exact) mass is 429 g/mol. The van der Waals surface area contributed by atoms with E-state index < -0.39 is 6.36 Å². The Bertz CT molecular complexity index is 999. The summed E-state index contributed by atoms with van der Waals surface area (Å²) in [5, 5.41) is 4.57. The quantitative estimate of drug-likeness (QED) is 0.461. The van der Waals surface area contributed by atoms with Crippen LogP contribution < -0.4 is 10.1 Å². The number of pyridine rings is 1. The van der Waals surface area contributed by atoms with E-state index in [1.165, 1.54) is 44.5 Å². The zero-order valence-electron chi connectivity index (χ0n) is 17.3. The molecule has 0 amide bonds. The molecule has 1 aliphatic rings. The second-order valence-electron chi connectivity index (χ2n) is 7.83. The van der Waals surface area contributed by atoms with Crippen LogP contribution in [0.1, 0.15) is 25.7 Å². The largest absolute Gasteiger partial charge is 0.573 e. The summed E-state index contributed by atoms with van der Waals surface area (Å²) in [4.78, 5) is 7.22. The fraction of sp³-hybridized carbons (Fsp3) is 0.375. The van der Waals surface area contributed by atoms with Crippen LogP contribution in [0.3, 0.4) is 0 Å². The molecule has 0 spiro atoms. The lowest BCUT2D eigenvalue weighted by Crippen LogP contribution is -2.31. The van der Waals surface area contributed by atoms with E-state index in [-0.39, 0.29) is 5.75 Å². The molecule has 4 rings (SSSR count). The van der Waals surface area contributed by atoms with E-state index in [0.717, 1.165) is 41.7 Å². The average Bonchev–Trinajstić information content (AvgIpc) is 2.76. The fourth-order valence-electron chi connectivity index (χ4n) is 4.01. The molecule has 1 N–H and O–H groups in total. The number of nitrogens with zero attached hydrogens (tertiary/aromatic N) is 2. The van der Waals surface area contributed by atoms with Gasteiger partial charge in [-0.05, 0) is 75.3 Å². The standard InChI is InChI=1S/C24H26F3N3O/c25-24(26,27)31-19-11-9-18(10-12-19)22-17-23(20-7-2-3-8-21(20)29-22)28-13-6-16-30-14-4-1-5-15-30/h2-3,7-12,17H,1,4-6,13-16H2,(H,28,29). The summed E-state index contributed by atoms with van der Waals surface area (Å²) in [7, 11) is 0. The van der Waals surface area contributed by atoms with Crippen LogP contribution in [-0.2, 0) is 0 Å². The number of anilines is 1. The fourth-order valence-corrected chi connectivity index (χ4v) is 4.01. The first-order valence-electron chi connectivity index (χ1n) is 10.7. The third kappa shape index (κ3) is 5.88. The van der Waals surface area contributed by atoms with E-state index in [4.69, 9.17) is 4.98 Å². The Morgan fingerprint density at radius 2 is 1.71 bits per heavy atom. The summed E-state index contributed by atoms with van der Waals surface area (Å²) in [6.07, 6.45) is 0.268. The van der Waals surface area contributed by atoms with Crippen LogP contribution in [0.25, 0.3) is 22.2 Å². The number of nitrogens with one attached hydrogen (secondary N) is 1. The Morgan fingerprint density at radius 3 is 2.45 bits per heavy atom. The highest BCUT2D eigenvalue weighted by molar-refractivity contribution is 5.93. The van der Waals surface area contributed by atoms with Crippen molar-refractivity contribution in [1.29, 1.82) is 0 Å². The van der Waals surface area contributed by atoms with Crippen LogP contribution in [-0.4, -0.2) is 42.4 Å². The highest BCUT2D eigenvalue weighted by Gasteiger charge is 2.31. The van der Waals surface area contributed by atoms with Crippen molar-refractivity contribution >= 4 is 16.6 Å². The number of rotatable bonds is 7. The zero-order chi connectivity index (χ0) is 21.7. The van der Waals surface area contributed by atoms with Crippen LogP contribution in [0.15, 0.2) is 54.6 Å². The van der Waals surface area contributed by atoms with Gasteiger partial charge in [-0.1, -0.05) is 24.6 Å². The number of benzene rings is 2. The Labute approximate surface area is 180 Å². The lowest BCUT2D eigenvalue weighted by atomic mass is 10.1. The molecule has 1 saturated heterocycles. The number of ether oxygens (including phenoxy) is 1. The second-order valence-corrected chi connectivity index (χ2v) is 7.83. The van der Waals surface area contributed by atoms with Gasteiger partial charge in [-0.25, -0.2) is 4.98 Å². The van der Waals surface area contributed by atoms with Crippen molar-refractivity contribution in [3.8, 4) is 17.0 Å². The number of fused-ring (bicyclic) bond motifs is 1. The van der Waals surface area contributed by atoms with Gasteiger partial charge in [-0.3, -0.25) is 0 Å². The third-order valence-electron chi connectivity index (χ3n) is 5.52. The average molecular weight is 429 g/mol. The van der Waals surface area contributed by atoms with Crippen LogP contribution in [0.4, 0.5) is 18.9 Å². The Hall–Kier alpha value is -2.80. The van der Waals surface area contributed by atoms with Gasteiger partial charge in [0.2, 0.25) is 0 Å². The van der Waals surface area contributed by atoms with Gasteiger partial charge in [0.05, 0.1) is 11.2 Å². The molecule has 4 nitrogen and oxygen atoms in total. The molecule has 164 valence electrons. The van der Waals surface area contributed by atoms with Crippen LogP contribution in [0.5, 0.6) is 5.75 Å². The van der Waals surface area contributed by atoms with Gasteiger partial charge in [-0.15, -0.1) is 13.2 Å². The molecule has 1 aromatic heterocycles. The van der Waals surface area contributed by atoms with Crippen molar-refractivity contribution in [1.82, 2.24) is 9.88 Å². The first-order valence-corrected chi connectivity index (χ1v) is 10.7. The van der Waals surface area contributed by atoms with Crippen molar-refractivity contribution in [2.45, 2.75) is 32.0 Å². The zero-order valence-corrected chi connectivity index (χ0v) is 17.3. The van der Waals surface area contributed by atoms with Gasteiger partial charge in [0.25, 0.3) is 0 Å². The minimum absolute atomic E-state index is 0.242. The van der Waals surface area contributed by atoms with E-state index in [1.807, 2.05) is 30.3 Å². The van der Waals surface area contributed by atoms with E-state index >= 15 is 0 Å². The molecule has 0 bridgehead atoms. The molecule has 2 aromatic carbocycles. The summed E-state index contributed by atoms with van der Waals surface area (Å²) in [6.45, 7) is 4.32. The molecular formula is C24H26F3N3O. The third-order valence-corrected chi connectivity index (χ3v) is 5.52. The highest BCUT2D eigenvalue weighted by Crippen LogP contribution is 2.30. The number of halogens is 3. The molecule has 2 heterocycles. The summed E-state index contributed by atoms with van der Waals surface area (Å²) in [5.41, 5.74) is 3.26. The number of piperidine rings is 1. The van der Waals surface area contributed by atoms with Gasteiger partial charge in [0, 0.05) is 23.2 Å². The Balaban J connectivity index is 1.49. The SMILES string of the molecule is FC(F)(F)Oc1ccc(-c2cc(NCCCN3CCCCC3)c3ccccc3n2)cc1. The maximum absolute atomic E-state index is 12.4. The maximum Gasteiger partial charge on any atom is 0.573 e. The Morgan fingerprint density at radius 1 is 0.968 bits per heavy atom. The summed E-state index contributed by atoms with van der Waals surface area (Å²) in [5.74, 6) is -0.242. The van der Waals surface area contributed by atoms with Gasteiger partial charge >= 0.3 is 6.36 Å². The molecular weight excluding hydrogens is 403 g/mol. The van der Waals surface area contributed by atoms with Crippen molar-refractivity contribution in [2.24, 2.45) is 0 Å². The summed E-state index contributed by atoms with van der Waals surface area (Å²) >= 11 is 0. The number of aromatic nitrogens is 1. The van der Waals surface area contributed by atoms with Crippen molar-refractivity contribution in [3.05, 3.63) is 54.6 Å². The predicted molar refractivity (Wildman–Crippen MR) is 117 cm³/mol.